The first-order valence-electron chi connectivity index (χ1n) is 8.21. The number of halogens is 3. The largest absolute Gasteiger partial charge is 0.341 e. The van der Waals surface area contributed by atoms with Crippen LogP contribution in [0, 0.1) is 0 Å². The van der Waals surface area contributed by atoms with Gasteiger partial charge in [0, 0.05) is 28.6 Å². The molecular formula is C17H15ClF2N4OS. The van der Waals surface area contributed by atoms with E-state index in [1.54, 1.807) is 34.4 Å². The summed E-state index contributed by atoms with van der Waals surface area (Å²) in [5, 5.41) is 9.10. The molecule has 9 heteroatoms. The zero-order valence-electron chi connectivity index (χ0n) is 13.6. The van der Waals surface area contributed by atoms with Crippen molar-refractivity contribution in [1.29, 1.82) is 0 Å². The van der Waals surface area contributed by atoms with Crippen molar-refractivity contribution in [1.82, 2.24) is 19.9 Å². The molecule has 5 nitrogen and oxygen atoms in total. The fourth-order valence-corrected chi connectivity index (χ4v) is 4.03. The predicted molar refractivity (Wildman–Crippen MR) is 96.0 cm³/mol. The van der Waals surface area contributed by atoms with Gasteiger partial charge in [-0.15, -0.1) is 11.3 Å². The van der Waals surface area contributed by atoms with E-state index in [9.17, 15) is 13.6 Å². The van der Waals surface area contributed by atoms with Gasteiger partial charge in [0.25, 0.3) is 11.8 Å². The molecule has 3 heterocycles. The van der Waals surface area contributed by atoms with Crippen LogP contribution < -0.4 is 5.32 Å². The van der Waals surface area contributed by atoms with Crippen molar-refractivity contribution >= 4 is 34.4 Å². The minimum atomic E-state index is -2.87. The number of carbonyl (C=O) groups is 1. The summed E-state index contributed by atoms with van der Waals surface area (Å²) in [4.78, 5) is 16.7. The molecule has 1 aliphatic rings. The van der Waals surface area contributed by atoms with Crippen LogP contribution in [0.2, 0.25) is 5.02 Å². The van der Waals surface area contributed by atoms with Gasteiger partial charge in [0.05, 0.1) is 23.4 Å². The van der Waals surface area contributed by atoms with Gasteiger partial charge in [0.2, 0.25) is 0 Å². The number of nitrogens with one attached hydrogen (secondary N) is 1. The summed E-state index contributed by atoms with van der Waals surface area (Å²) in [5.41, 5.74) is 2.05. The molecule has 1 atom stereocenters. The molecule has 1 saturated carbocycles. The third-order valence-electron chi connectivity index (χ3n) is 4.53. The molecule has 0 aromatic carbocycles. The van der Waals surface area contributed by atoms with E-state index in [0.717, 1.165) is 22.4 Å². The van der Waals surface area contributed by atoms with E-state index in [1.165, 1.54) is 0 Å². The standard InChI is InChI=1S/C17H15ClF2N4OS/c18-10-4-6-24-13(7-10)11(8-21-24)12-9-26-16(22-12)15(25)23-14-3-1-2-5-17(14,19)20/h4,6-9,14H,1-3,5H2,(H,23,25)/t14-/m1/s1. The van der Waals surface area contributed by atoms with Gasteiger partial charge in [-0.1, -0.05) is 18.0 Å². The molecule has 1 N–H and O–H groups in total. The molecule has 0 unspecified atom stereocenters. The van der Waals surface area contributed by atoms with Crippen LogP contribution in [0.4, 0.5) is 8.78 Å². The van der Waals surface area contributed by atoms with Gasteiger partial charge in [-0.05, 0) is 25.0 Å². The highest BCUT2D eigenvalue weighted by Crippen LogP contribution is 2.34. The first-order valence-corrected chi connectivity index (χ1v) is 9.47. The number of pyridine rings is 1. The number of carbonyl (C=O) groups excluding carboxylic acids is 1. The third-order valence-corrected chi connectivity index (χ3v) is 5.60. The monoisotopic (exact) mass is 396 g/mol. The summed E-state index contributed by atoms with van der Waals surface area (Å²) in [5.74, 6) is -3.44. The second-order valence-corrected chi connectivity index (χ2v) is 7.60. The number of thiazole rings is 1. The van der Waals surface area contributed by atoms with Gasteiger partial charge >= 0.3 is 0 Å². The lowest BCUT2D eigenvalue weighted by Gasteiger charge is -2.31. The molecule has 1 amide bonds. The van der Waals surface area contributed by atoms with Gasteiger partial charge < -0.3 is 5.32 Å². The van der Waals surface area contributed by atoms with E-state index in [0.29, 0.717) is 23.6 Å². The molecular weight excluding hydrogens is 382 g/mol. The van der Waals surface area contributed by atoms with Crippen LogP contribution in [-0.2, 0) is 0 Å². The van der Waals surface area contributed by atoms with Crippen molar-refractivity contribution in [3.63, 3.8) is 0 Å². The second kappa shape index (κ2) is 6.59. The van der Waals surface area contributed by atoms with Crippen molar-refractivity contribution in [3.05, 3.63) is 39.9 Å². The number of aromatic nitrogens is 3. The Kier molecular flexibility index (Phi) is 4.40. The van der Waals surface area contributed by atoms with Crippen LogP contribution in [0.15, 0.2) is 29.9 Å². The van der Waals surface area contributed by atoms with Gasteiger partial charge in [0.1, 0.15) is 0 Å². The van der Waals surface area contributed by atoms with Gasteiger partial charge in [-0.2, -0.15) is 5.10 Å². The molecule has 26 heavy (non-hydrogen) atoms. The smallest absolute Gasteiger partial charge is 0.280 e. The quantitative estimate of drug-likeness (QED) is 0.713. The minimum absolute atomic E-state index is 0.155. The van der Waals surface area contributed by atoms with Gasteiger partial charge in [0.15, 0.2) is 5.01 Å². The van der Waals surface area contributed by atoms with Crippen LogP contribution in [0.1, 0.15) is 35.5 Å². The fraction of sp³-hybridized carbons (Fsp3) is 0.353. The minimum Gasteiger partial charge on any atom is -0.341 e. The molecule has 0 saturated heterocycles. The number of rotatable bonds is 3. The van der Waals surface area contributed by atoms with Crippen molar-refractivity contribution in [2.45, 2.75) is 37.6 Å². The van der Waals surface area contributed by atoms with Crippen molar-refractivity contribution in [2.24, 2.45) is 0 Å². The summed E-state index contributed by atoms with van der Waals surface area (Å²) in [7, 11) is 0. The Morgan fingerprint density at radius 3 is 3.08 bits per heavy atom. The Labute approximate surface area is 157 Å². The average molecular weight is 397 g/mol. The lowest BCUT2D eigenvalue weighted by atomic mass is 9.91. The van der Waals surface area contributed by atoms with E-state index in [-0.39, 0.29) is 17.8 Å². The number of alkyl halides is 2. The first-order chi connectivity index (χ1) is 12.4. The molecule has 4 rings (SSSR count). The summed E-state index contributed by atoms with van der Waals surface area (Å²) >= 11 is 7.15. The third kappa shape index (κ3) is 3.19. The highest BCUT2D eigenvalue weighted by Gasteiger charge is 2.42. The van der Waals surface area contributed by atoms with Crippen molar-refractivity contribution in [2.75, 3.05) is 0 Å². The zero-order chi connectivity index (χ0) is 18.3. The fourth-order valence-electron chi connectivity index (χ4n) is 3.15. The predicted octanol–water partition coefficient (Wildman–Crippen LogP) is 4.42. The lowest BCUT2D eigenvalue weighted by Crippen LogP contribution is -2.49. The molecule has 1 aliphatic carbocycles. The molecule has 0 bridgehead atoms. The van der Waals surface area contributed by atoms with Gasteiger partial charge in [-0.25, -0.2) is 18.3 Å². The molecule has 136 valence electrons. The highest BCUT2D eigenvalue weighted by molar-refractivity contribution is 7.12. The van der Waals surface area contributed by atoms with Crippen LogP contribution in [0.3, 0.4) is 0 Å². The second-order valence-electron chi connectivity index (χ2n) is 6.30. The zero-order valence-corrected chi connectivity index (χ0v) is 15.2. The Hall–Kier alpha value is -2.06. The van der Waals surface area contributed by atoms with E-state index >= 15 is 0 Å². The maximum atomic E-state index is 13.9. The Bertz CT molecular complexity index is 971. The Morgan fingerprint density at radius 2 is 2.27 bits per heavy atom. The Balaban J connectivity index is 1.57. The molecule has 1 fully saturated rings. The SMILES string of the molecule is O=C(N[C@@H]1CCCCC1(F)F)c1nc(-c2cnn3ccc(Cl)cc23)cs1. The van der Waals surface area contributed by atoms with E-state index < -0.39 is 17.9 Å². The lowest BCUT2D eigenvalue weighted by molar-refractivity contribution is -0.0609. The van der Waals surface area contributed by atoms with Crippen LogP contribution in [0.25, 0.3) is 16.8 Å². The number of hydrogen-bond donors (Lipinski definition) is 1. The number of fused-ring (bicyclic) bond motifs is 1. The summed E-state index contributed by atoms with van der Waals surface area (Å²) in [6.07, 6.45) is 4.63. The molecule has 3 aromatic rings. The molecule has 3 aromatic heterocycles. The van der Waals surface area contributed by atoms with Crippen LogP contribution in [0.5, 0.6) is 0 Å². The summed E-state index contributed by atoms with van der Waals surface area (Å²) < 4.78 is 29.5. The van der Waals surface area contributed by atoms with Crippen molar-refractivity contribution in [3.8, 4) is 11.3 Å². The molecule has 0 aliphatic heterocycles. The van der Waals surface area contributed by atoms with E-state index in [4.69, 9.17) is 11.6 Å². The first kappa shape index (κ1) is 17.4. The molecule has 0 spiro atoms. The van der Waals surface area contributed by atoms with Gasteiger partial charge in [-0.3, -0.25) is 4.79 Å². The summed E-state index contributed by atoms with van der Waals surface area (Å²) in [6.45, 7) is 0. The average Bonchev–Trinajstić information content (AvgIpc) is 3.22. The maximum Gasteiger partial charge on any atom is 0.280 e. The van der Waals surface area contributed by atoms with Crippen LogP contribution in [-0.4, -0.2) is 32.5 Å². The van der Waals surface area contributed by atoms with E-state index in [2.05, 4.69) is 15.4 Å². The van der Waals surface area contributed by atoms with Crippen LogP contribution >= 0.6 is 22.9 Å². The normalized spacial score (nSPS) is 19.6. The summed E-state index contributed by atoms with van der Waals surface area (Å²) in [6, 6.07) is 2.34. The number of amides is 1. The topological polar surface area (TPSA) is 59.3 Å². The molecule has 0 radical (unpaired) electrons. The Morgan fingerprint density at radius 1 is 1.42 bits per heavy atom. The van der Waals surface area contributed by atoms with E-state index in [1.807, 2.05) is 0 Å². The highest BCUT2D eigenvalue weighted by atomic mass is 35.5. The number of hydrogen-bond acceptors (Lipinski definition) is 4. The maximum absolute atomic E-state index is 13.9. The number of nitrogens with zero attached hydrogens (tertiary/aromatic N) is 3. The van der Waals surface area contributed by atoms with Crippen molar-refractivity contribution < 1.29 is 13.6 Å².